The number of pyridine rings is 2. The first-order valence-corrected chi connectivity index (χ1v) is 15.2. The molecule has 2 N–H and O–H groups in total. The van der Waals surface area contributed by atoms with Gasteiger partial charge >= 0.3 is 5.97 Å². The number of aryl methyl sites for hydroxylation is 1. The highest BCUT2D eigenvalue weighted by Crippen LogP contribution is 2.48. The number of halogens is 1. The van der Waals surface area contributed by atoms with Crippen LogP contribution in [0.1, 0.15) is 54.7 Å². The van der Waals surface area contributed by atoms with E-state index < -0.39 is 17.4 Å². The van der Waals surface area contributed by atoms with Crippen molar-refractivity contribution < 1.29 is 24.3 Å². The number of hydrogen-bond donors (Lipinski definition) is 2. The Labute approximate surface area is 261 Å². The summed E-state index contributed by atoms with van der Waals surface area (Å²) < 4.78 is 2.10. The summed E-state index contributed by atoms with van der Waals surface area (Å²) in [4.78, 5) is 61.7. The quantitative estimate of drug-likeness (QED) is 0.203. The Hall–Kier alpha value is -4.45. The van der Waals surface area contributed by atoms with Crippen LogP contribution in [-0.4, -0.2) is 65.9 Å². The molecule has 44 heavy (non-hydrogen) atoms. The van der Waals surface area contributed by atoms with Crippen LogP contribution < -0.4 is 5.32 Å². The van der Waals surface area contributed by atoms with Crippen LogP contribution in [0.3, 0.4) is 0 Å². The summed E-state index contributed by atoms with van der Waals surface area (Å²) in [5, 5.41) is 17.7. The van der Waals surface area contributed by atoms with Crippen molar-refractivity contribution in [3.63, 3.8) is 0 Å². The third kappa shape index (κ3) is 5.38. The molecular formula is C32H31BrN6O5. The predicted octanol–water partition coefficient (Wildman–Crippen LogP) is 4.76. The zero-order valence-electron chi connectivity index (χ0n) is 24.5. The third-order valence-electron chi connectivity index (χ3n) is 8.59. The first-order valence-electron chi connectivity index (χ1n) is 14.4. The van der Waals surface area contributed by atoms with Gasteiger partial charge in [-0.1, -0.05) is 19.1 Å². The molecule has 226 valence electrons. The molecular weight excluding hydrogens is 628 g/mol. The van der Waals surface area contributed by atoms with E-state index in [0.717, 1.165) is 16.7 Å². The fourth-order valence-corrected chi connectivity index (χ4v) is 6.28. The van der Waals surface area contributed by atoms with Gasteiger partial charge < -0.3 is 15.3 Å². The number of carboxylic acids is 1. The summed E-state index contributed by atoms with van der Waals surface area (Å²) in [6.45, 7) is 5.55. The van der Waals surface area contributed by atoms with Crippen LogP contribution in [-0.2, 0) is 26.3 Å². The molecule has 2 amide bonds. The van der Waals surface area contributed by atoms with Crippen LogP contribution in [0.5, 0.6) is 0 Å². The van der Waals surface area contributed by atoms with Gasteiger partial charge in [0.25, 0.3) is 0 Å². The van der Waals surface area contributed by atoms with Gasteiger partial charge in [-0.25, -0.2) is 4.98 Å². The van der Waals surface area contributed by atoms with E-state index in [1.165, 1.54) is 11.6 Å². The molecule has 1 aliphatic carbocycles. The van der Waals surface area contributed by atoms with Crippen molar-refractivity contribution in [1.82, 2.24) is 24.6 Å². The number of aliphatic carboxylic acids is 1. The second-order valence-electron chi connectivity index (χ2n) is 11.8. The second kappa shape index (κ2) is 11.2. The number of nitrogens with zero attached hydrogens (tertiary/aromatic N) is 5. The number of nitrogens with one attached hydrogen (secondary N) is 1. The van der Waals surface area contributed by atoms with E-state index in [9.17, 15) is 24.3 Å². The van der Waals surface area contributed by atoms with Crippen molar-refractivity contribution in [2.24, 2.45) is 5.92 Å². The van der Waals surface area contributed by atoms with Gasteiger partial charge in [0, 0.05) is 36.8 Å². The van der Waals surface area contributed by atoms with Gasteiger partial charge in [0.05, 0.1) is 10.9 Å². The molecule has 12 heteroatoms. The average molecular weight is 660 g/mol. The number of carboxylic acid groups (broad SMARTS) is 1. The van der Waals surface area contributed by atoms with Crippen molar-refractivity contribution in [2.75, 3.05) is 11.9 Å². The van der Waals surface area contributed by atoms with Crippen molar-refractivity contribution in [1.29, 1.82) is 0 Å². The average Bonchev–Trinajstić information content (AvgIpc) is 3.61. The molecule has 1 saturated carbocycles. The Balaban J connectivity index is 1.27. The van der Waals surface area contributed by atoms with Crippen LogP contribution in [0.4, 0.5) is 5.82 Å². The first kappa shape index (κ1) is 29.6. The maximum atomic E-state index is 13.7. The Morgan fingerprint density at radius 3 is 2.57 bits per heavy atom. The fourth-order valence-electron chi connectivity index (χ4n) is 5.97. The number of hydrogen-bond acceptors (Lipinski definition) is 7. The van der Waals surface area contributed by atoms with Gasteiger partial charge in [-0.05, 0) is 89.0 Å². The number of ketones is 1. The number of likely N-dealkylation sites (tertiary alicyclic amines) is 1. The molecule has 6 rings (SSSR count). The zero-order chi connectivity index (χ0) is 31.3. The summed E-state index contributed by atoms with van der Waals surface area (Å²) >= 11 is 3.33. The lowest BCUT2D eigenvalue weighted by Gasteiger charge is -2.24. The smallest absolute Gasteiger partial charge is 0.314 e. The van der Waals surface area contributed by atoms with Gasteiger partial charge in [0.1, 0.15) is 28.7 Å². The third-order valence-corrected chi connectivity index (χ3v) is 9.03. The summed E-state index contributed by atoms with van der Waals surface area (Å²) in [5.74, 6) is -1.14. The van der Waals surface area contributed by atoms with Gasteiger partial charge in [-0.3, -0.25) is 28.8 Å². The van der Waals surface area contributed by atoms with E-state index in [2.05, 4.69) is 36.3 Å². The van der Waals surface area contributed by atoms with Crippen LogP contribution in [0.15, 0.2) is 53.4 Å². The number of benzene rings is 1. The number of carbonyl (C=O) groups is 4. The van der Waals surface area contributed by atoms with Crippen molar-refractivity contribution in [2.45, 2.75) is 58.0 Å². The minimum Gasteiger partial charge on any atom is -0.481 e. The highest BCUT2D eigenvalue weighted by atomic mass is 79.9. The van der Waals surface area contributed by atoms with E-state index in [1.807, 2.05) is 38.1 Å². The first-order chi connectivity index (χ1) is 21.0. The highest BCUT2D eigenvalue weighted by Gasteiger charge is 2.52. The molecule has 4 aromatic rings. The summed E-state index contributed by atoms with van der Waals surface area (Å²) in [5.41, 5.74) is 2.87. The van der Waals surface area contributed by atoms with E-state index in [0.29, 0.717) is 52.7 Å². The normalized spacial score (nSPS) is 18.8. The number of aromatic nitrogens is 4. The second-order valence-corrected chi connectivity index (χ2v) is 12.6. The van der Waals surface area contributed by atoms with Crippen LogP contribution in [0.25, 0.3) is 22.0 Å². The lowest BCUT2D eigenvalue weighted by atomic mass is 9.94. The molecule has 1 aliphatic heterocycles. The molecule has 0 spiro atoms. The predicted molar refractivity (Wildman–Crippen MR) is 166 cm³/mol. The summed E-state index contributed by atoms with van der Waals surface area (Å²) in [7, 11) is 0. The SMILES string of the molecule is CC(=O)c1nn(CC(=O)N2CC(C)CC2C(=O)Nc2nc(Br)ccc2C)c2ccc(-c3cncc(C4(C(=O)O)CC4)c3)cc12. The molecule has 0 bridgehead atoms. The highest BCUT2D eigenvalue weighted by molar-refractivity contribution is 9.10. The maximum absolute atomic E-state index is 13.7. The van der Waals surface area contributed by atoms with Gasteiger partial charge in [-0.2, -0.15) is 5.10 Å². The molecule has 2 aliphatic rings. The molecule has 3 aromatic heterocycles. The Morgan fingerprint density at radius 2 is 1.86 bits per heavy atom. The van der Waals surface area contributed by atoms with Crippen molar-refractivity contribution >= 4 is 56.2 Å². The molecule has 2 fully saturated rings. The number of fused-ring (bicyclic) bond motifs is 1. The summed E-state index contributed by atoms with van der Waals surface area (Å²) in [6.07, 6.45) is 4.91. The van der Waals surface area contributed by atoms with Crippen LogP contribution in [0, 0.1) is 12.8 Å². The van der Waals surface area contributed by atoms with E-state index in [4.69, 9.17) is 0 Å². The fraction of sp³-hybridized carbons (Fsp3) is 0.344. The minimum absolute atomic E-state index is 0.122. The standard InChI is InChI=1S/C32H31BrN6O5/c1-17-10-25(30(42)36-29-18(2)4-7-26(33)35-29)38(15-17)27(41)16-39-24-6-5-20(12-23(24)28(37-39)19(3)40)21-11-22(14-34-13-21)32(8-9-32)31(43)44/h4-7,11-14,17,25H,8-10,15-16H2,1-3H3,(H,43,44)(H,35,36,42). The number of anilines is 1. The number of Topliss-reactive ketones (excluding diaryl/α,β-unsaturated/α-hetero) is 1. The van der Waals surface area contributed by atoms with Gasteiger partial charge in [0.15, 0.2) is 5.78 Å². The Morgan fingerprint density at radius 1 is 1.09 bits per heavy atom. The van der Waals surface area contributed by atoms with E-state index in [1.54, 1.807) is 29.4 Å². The largest absolute Gasteiger partial charge is 0.481 e. The molecule has 4 heterocycles. The van der Waals surface area contributed by atoms with Crippen LogP contribution in [0.2, 0.25) is 0 Å². The van der Waals surface area contributed by atoms with Crippen molar-refractivity contribution in [3.05, 3.63) is 70.2 Å². The number of amides is 2. The molecule has 1 saturated heterocycles. The zero-order valence-corrected chi connectivity index (χ0v) is 26.1. The molecule has 2 atom stereocenters. The molecule has 0 radical (unpaired) electrons. The topological polar surface area (TPSA) is 147 Å². The van der Waals surface area contributed by atoms with E-state index >= 15 is 0 Å². The summed E-state index contributed by atoms with van der Waals surface area (Å²) in [6, 6.07) is 10.3. The van der Waals surface area contributed by atoms with Gasteiger partial charge in [0.2, 0.25) is 11.8 Å². The van der Waals surface area contributed by atoms with Crippen LogP contribution >= 0.6 is 15.9 Å². The monoisotopic (exact) mass is 658 g/mol. The Kier molecular flexibility index (Phi) is 7.56. The lowest BCUT2D eigenvalue weighted by molar-refractivity contribution is -0.140. The number of rotatable bonds is 8. The molecule has 1 aromatic carbocycles. The van der Waals surface area contributed by atoms with Crippen molar-refractivity contribution in [3.8, 4) is 11.1 Å². The Bertz CT molecular complexity index is 1850. The minimum atomic E-state index is -0.891. The lowest BCUT2D eigenvalue weighted by Crippen LogP contribution is -2.44. The molecule has 2 unspecified atom stereocenters. The maximum Gasteiger partial charge on any atom is 0.314 e. The number of carbonyl (C=O) groups excluding carboxylic acids is 3. The van der Waals surface area contributed by atoms with Gasteiger partial charge in [-0.15, -0.1) is 0 Å². The van der Waals surface area contributed by atoms with E-state index in [-0.39, 0.29) is 35.8 Å². The molecule has 11 nitrogen and oxygen atoms in total.